The predicted octanol–water partition coefficient (Wildman–Crippen LogP) is 2.94. The van der Waals surface area contributed by atoms with Gasteiger partial charge in [0.05, 0.1) is 27.4 Å². The molecule has 0 amide bonds. The van der Waals surface area contributed by atoms with E-state index in [-0.39, 0.29) is 5.75 Å². The Kier molecular flexibility index (Phi) is 2.83. The third-order valence-corrected chi connectivity index (χ3v) is 4.70. The highest BCUT2D eigenvalue weighted by molar-refractivity contribution is 7.91. The van der Waals surface area contributed by atoms with Gasteiger partial charge in [0.25, 0.3) is 0 Å². The van der Waals surface area contributed by atoms with E-state index in [1.807, 2.05) is 34.9 Å². The molecule has 0 bridgehead atoms. The van der Waals surface area contributed by atoms with Crippen molar-refractivity contribution in [2.45, 2.75) is 10.6 Å². The van der Waals surface area contributed by atoms with Crippen LogP contribution in [0.15, 0.2) is 65.8 Å². The Morgan fingerprint density at radius 2 is 1.84 bits per heavy atom. The van der Waals surface area contributed by atoms with Crippen LogP contribution in [0.1, 0.15) is 5.69 Å². The molecular weight excluding hydrogens is 258 g/mol. The fourth-order valence-electron chi connectivity index (χ4n) is 2.02. The Labute approximate surface area is 111 Å². The number of nitrogens with one attached hydrogen (secondary N) is 1. The van der Waals surface area contributed by atoms with Crippen molar-refractivity contribution in [3.63, 3.8) is 0 Å². The number of hydrogen-bond acceptors (Lipinski definition) is 3. The summed E-state index contributed by atoms with van der Waals surface area (Å²) in [6.45, 7) is 0. The van der Waals surface area contributed by atoms with Gasteiger partial charge in [0.2, 0.25) is 0 Å². The Bertz CT molecular complexity index is 807. The van der Waals surface area contributed by atoms with E-state index in [9.17, 15) is 4.21 Å². The van der Waals surface area contributed by atoms with Crippen LogP contribution in [0, 0.1) is 4.78 Å². The molecule has 1 atom stereocenters. The highest BCUT2D eigenvalue weighted by atomic mass is 32.2. The van der Waals surface area contributed by atoms with Gasteiger partial charge >= 0.3 is 0 Å². The van der Waals surface area contributed by atoms with Gasteiger partial charge in [0, 0.05) is 11.1 Å². The lowest BCUT2D eigenvalue weighted by molar-refractivity contribution is 0.673. The van der Waals surface area contributed by atoms with Crippen molar-refractivity contribution in [2.75, 3.05) is 0 Å². The van der Waals surface area contributed by atoms with Crippen LogP contribution in [-0.4, -0.2) is 13.6 Å². The van der Waals surface area contributed by atoms with Crippen molar-refractivity contribution in [3.8, 4) is 0 Å². The molecule has 1 N–H and O–H groups in total. The molecule has 2 aromatic heterocycles. The van der Waals surface area contributed by atoms with Crippen molar-refractivity contribution in [1.29, 1.82) is 4.78 Å². The summed E-state index contributed by atoms with van der Waals surface area (Å²) in [5.74, 6) is 0.169. The number of hydrogen-bond donors (Lipinski definition) is 1. The van der Waals surface area contributed by atoms with E-state index in [0.717, 1.165) is 11.3 Å². The van der Waals surface area contributed by atoms with Gasteiger partial charge in [-0.05, 0) is 24.3 Å². The summed E-state index contributed by atoms with van der Waals surface area (Å²) in [6, 6.07) is 14.6. The van der Waals surface area contributed by atoms with E-state index in [1.165, 1.54) is 0 Å². The van der Waals surface area contributed by atoms with Crippen molar-refractivity contribution in [2.24, 2.45) is 0 Å². The first-order valence-corrected chi connectivity index (χ1v) is 7.62. The van der Waals surface area contributed by atoms with Crippen molar-refractivity contribution < 1.29 is 4.21 Å². The molecule has 3 rings (SSSR count). The molecule has 0 radical (unpaired) electrons. The fourth-order valence-corrected chi connectivity index (χ4v) is 3.42. The summed E-state index contributed by atoms with van der Waals surface area (Å²) in [4.78, 5) is 4.81. The van der Waals surface area contributed by atoms with Crippen LogP contribution in [0.2, 0.25) is 0 Å². The first-order valence-electron chi connectivity index (χ1n) is 5.89. The number of benzene rings is 1. The molecule has 0 spiro atoms. The minimum Gasteiger partial charge on any atom is -0.303 e. The minimum absolute atomic E-state index is 0.169. The second-order valence-corrected chi connectivity index (χ2v) is 6.42. The number of nitrogens with zero attached hydrogens (tertiary/aromatic N) is 2. The molecule has 19 heavy (non-hydrogen) atoms. The first kappa shape index (κ1) is 11.9. The molecule has 0 saturated heterocycles. The van der Waals surface area contributed by atoms with Crippen LogP contribution in [0.3, 0.4) is 0 Å². The second-order valence-electron chi connectivity index (χ2n) is 4.31. The topological polar surface area (TPSA) is 58.2 Å². The number of fused-ring (bicyclic) bond motifs is 1. The highest BCUT2D eigenvalue weighted by Crippen LogP contribution is 2.17. The summed E-state index contributed by atoms with van der Waals surface area (Å²) in [5, 5.41) is 0. The minimum atomic E-state index is -2.84. The lowest BCUT2D eigenvalue weighted by Crippen LogP contribution is -2.05. The van der Waals surface area contributed by atoms with Crippen LogP contribution in [0.5, 0.6) is 0 Å². The predicted molar refractivity (Wildman–Crippen MR) is 74.5 cm³/mol. The van der Waals surface area contributed by atoms with Crippen LogP contribution in [-0.2, 0) is 15.5 Å². The monoisotopic (exact) mass is 271 g/mol. The molecule has 96 valence electrons. The first-order chi connectivity index (χ1) is 9.17. The van der Waals surface area contributed by atoms with Gasteiger partial charge in [0.1, 0.15) is 5.65 Å². The largest absolute Gasteiger partial charge is 0.303 e. The van der Waals surface area contributed by atoms with E-state index < -0.39 is 9.73 Å². The van der Waals surface area contributed by atoms with Gasteiger partial charge in [-0.15, -0.1) is 0 Å². The van der Waals surface area contributed by atoms with E-state index in [2.05, 4.69) is 4.98 Å². The molecule has 0 aliphatic rings. The van der Waals surface area contributed by atoms with Gasteiger partial charge < -0.3 is 4.40 Å². The van der Waals surface area contributed by atoms with Gasteiger partial charge in [-0.1, -0.05) is 24.3 Å². The zero-order valence-corrected chi connectivity index (χ0v) is 11.0. The summed E-state index contributed by atoms with van der Waals surface area (Å²) in [5.41, 5.74) is 1.60. The lowest BCUT2D eigenvalue weighted by Gasteiger charge is -2.07. The SMILES string of the molecule is N=S(=O)(Cc1cnc2ccccn12)c1ccccc1. The number of imidazole rings is 1. The maximum absolute atomic E-state index is 12.5. The second kappa shape index (κ2) is 4.51. The molecule has 0 saturated carbocycles. The standard InChI is InChI=1S/C14H13N3OS/c15-19(18,13-6-2-1-3-7-13)11-12-10-16-14-8-4-5-9-17(12)14/h1-10,15H,11H2. The van der Waals surface area contributed by atoms with Crippen LogP contribution in [0.25, 0.3) is 5.65 Å². The smallest absolute Gasteiger partial charge is 0.136 e. The molecule has 0 aliphatic carbocycles. The third kappa shape index (κ3) is 2.24. The average Bonchev–Trinajstić information content (AvgIpc) is 2.83. The van der Waals surface area contributed by atoms with Crippen molar-refractivity contribution in [3.05, 3.63) is 66.6 Å². The third-order valence-electron chi connectivity index (χ3n) is 2.97. The van der Waals surface area contributed by atoms with E-state index in [4.69, 9.17) is 4.78 Å². The molecule has 5 heteroatoms. The van der Waals surface area contributed by atoms with Gasteiger partial charge in [-0.3, -0.25) is 0 Å². The zero-order chi connectivity index (χ0) is 13.3. The maximum atomic E-state index is 12.5. The maximum Gasteiger partial charge on any atom is 0.136 e. The molecule has 0 fully saturated rings. The lowest BCUT2D eigenvalue weighted by atomic mass is 10.4. The van der Waals surface area contributed by atoms with Crippen LogP contribution < -0.4 is 0 Å². The van der Waals surface area contributed by atoms with Gasteiger partial charge in [0.15, 0.2) is 0 Å². The quantitative estimate of drug-likeness (QED) is 0.796. The van der Waals surface area contributed by atoms with Gasteiger partial charge in [-0.2, -0.15) is 0 Å². The molecule has 2 heterocycles. The summed E-state index contributed by atoms with van der Waals surface area (Å²) >= 11 is 0. The van der Waals surface area contributed by atoms with E-state index >= 15 is 0 Å². The van der Waals surface area contributed by atoms with Crippen molar-refractivity contribution >= 4 is 15.4 Å². The van der Waals surface area contributed by atoms with Crippen LogP contribution in [0.4, 0.5) is 0 Å². The summed E-state index contributed by atoms with van der Waals surface area (Å²) in [6.07, 6.45) is 3.56. The number of aromatic nitrogens is 2. The Morgan fingerprint density at radius 3 is 2.63 bits per heavy atom. The molecule has 4 nitrogen and oxygen atoms in total. The van der Waals surface area contributed by atoms with E-state index in [1.54, 1.807) is 30.5 Å². The Balaban J connectivity index is 2.02. The highest BCUT2D eigenvalue weighted by Gasteiger charge is 2.13. The Morgan fingerprint density at radius 1 is 1.11 bits per heavy atom. The average molecular weight is 271 g/mol. The number of rotatable bonds is 3. The fraction of sp³-hybridized carbons (Fsp3) is 0.0714. The molecular formula is C14H13N3OS. The molecule has 3 aromatic rings. The Hall–Kier alpha value is -2.14. The van der Waals surface area contributed by atoms with Crippen LogP contribution >= 0.6 is 0 Å². The van der Waals surface area contributed by atoms with E-state index in [0.29, 0.717) is 4.90 Å². The normalized spacial score (nSPS) is 14.3. The molecule has 1 unspecified atom stereocenters. The number of pyridine rings is 1. The summed E-state index contributed by atoms with van der Waals surface area (Å²) in [7, 11) is -2.84. The van der Waals surface area contributed by atoms with Gasteiger partial charge in [-0.25, -0.2) is 14.0 Å². The molecule has 0 aliphatic heterocycles. The zero-order valence-electron chi connectivity index (χ0n) is 10.2. The summed E-state index contributed by atoms with van der Waals surface area (Å²) < 4.78 is 22.5. The molecule has 1 aromatic carbocycles. The van der Waals surface area contributed by atoms with Crippen molar-refractivity contribution in [1.82, 2.24) is 9.38 Å².